The van der Waals surface area contributed by atoms with E-state index in [1.807, 2.05) is 36.4 Å². The molecule has 0 spiro atoms. The Morgan fingerprint density at radius 1 is 1.07 bits per heavy atom. The number of methoxy groups -OCH3 is 1. The molecule has 2 aromatic carbocycles. The largest absolute Gasteiger partial charge is 0.493 e. The van der Waals surface area contributed by atoms with E-state index >= 15 is 0 Å². The van der Waals surface area contributed by atoms with Crippen molar-refractivity contribution in [2.75, 3.05) is 26.7 Å². The van der Waals surface area contributed by atoms with Gasteiger partial charge in [0.2, 0.25) is 0 Å². The summed E-state index contributed by atoms with van der Waals surface area (Å²) in [6.07, 6.45) is -0.341. The highest BCUT2D eigenvalue weighted by Gasteiger charge is 2.13. The van der Waals surface area contributed by atoms with Crippen LogP contribution in [0.25, 0.3) is 0 Å². The standard InChI is InChI=1S/C20H26Cl2N2O3/c1-14(25)11-23-7-8-24-12-15-9-18(22)20(19(10-15)26-2)27-13-16-5-3-4-6-17(16)21/h3-6,9-10,14,23-25H,7-8,11-13H2,1-2H3/t14-/m0/s1. The summed E-state index contributed by atoms with van der Waals surface area (Å²) >= 11 is 12.6. The average molecular weight is 413 g/mol. The molecule has 0 fully saturated rings. The summed E-state index contributed by atoms with van der Waals surface area (Å²) < 4.78 is 11.3. The summed E-state index contributed by atoms with van der Waals surface area (Å²) in [5.41, 5.74) is 1.88. The Kier molecular flexibility index (Phi) is 9.18. The van der Waals surface area contributed by atoms with Gasteiger partial charge in [-0.25, -0.2) is 0 Å². The van der Waals surface area contributed by atoms with Gasteiger partial charge in [-0.3, -0.25) is 0 Å². The molecule has 0 aliphatic carbocycles. The lowest BCUT2D eigenvalue weighted by molar-refractivity contribution is 0.191. The predicted octanol–water partition coefficient (Wildman–Crippen LogP) is 3.64. The molecular formula is C20H26Cl2N2O3. The summed E-state index contributed by atoms with van der Waals surface area (Å²) in [5.74, 6) is 1.08. The Labute approximate surface area is 170 Å². The number of rotatable bonds is 11. The molecule has 0 radical (unpaired) electrons. The van der Waals surface area contributed by atoms with Gasteiger partial charge in [-0.2, -0.15) is 0 Å². The third kappa shape index (κ3) is 7.20. The highest BCUT2D eigenvalue weighted by molar-refractivity contribution is 6.32. The maximum absolute atomic E-state index is 9.20. The van der Waals surface area contributed by atoms with E-state index in [1.54, 1.807) is 14.0 Å². The molecule has 0 saturated carbocycles. The Balaban J connectivity index is 1.93. The molecule has 5 nitrogen and oxygen atoms in total. The Morgan fingerprint density at radius 2 is 1.81 bits per heavy atom. The van der Waals surface area contributed by atoms with Crippen molar-refractivity contribution in [3.63, 3.8) is 0 Å². The van der Waals surface area contributed by atoms with Gasteiger partial charge >= 0.3 is 0 Å². The van der Waals surface area contributed by atoms with Crippen molar-refractivity contribution < 1.29 is 14.6 Å². The zero-order valence-corrected chi connectivity index (χ0v) is 17.1. The van der Waals surface area contributed by atoms with Crippen LogP contribution in [0, 0.1) is 0 Å². The second-order valence-electron chi connectivity index (χ2n) is 6.22. The number of ether oxygens (including phenoxy) is 2. The van der Waals surface area contributed by atoms with Crippen molar-refractivity contribution in [3.8, 4) is 11.5 Å². The molecule has 0 saturated heterocycles. The summed E-state index contributed by atoms with van der Waals surface area (Å²) in [7, 11) is 1.59. The van der Waals surface area contributed by atoms with E-state index in [0.717, 1.165) is 24.2 Å². The van der Waals surface area contributed by atoms with E-state index in [2.05, 4.69) is 10.6 Å². The number of halogens is 2. The maximum Gasteiger partial charge on any atom is 0.180 e. The lowest BCUT2D eigenvalue weighted by Crippen LogP contribution is -2.31. The van der Waals surface area contributed by atoms with Gasteiger partial charge in [0.1, 0.15) is 6.61 Å². The van der Waals surface area contributed by atoms with E-state index in [1.165, 1.54) is 0 Å². The lowest BCUT2D eigenvalue weighted by Gasteiger charge is -2.15. The number of hydrogen-bond acceptors (Lipinski definition) is 5. The number of benzene rings is 2. The summed E-state index contributed by atoms with van der Waals surface area (Å²) in [6.45, 7) is 4.84. The molecule has 0 amide bonds. The van der Waals surface area contributed by atoms with Gasteiger partial charge in [-0.1, -0.05) is 41.4 Å². The SMILES string of the molecule is COc1cc(CNCCNC[C@H](C)O)cc(Cl)c1OCc1ccccc1Cl. The summed E-state index contributed by atoms with van der Waals surface area (Å²) in [5, 5.41) is 16.8. The van der Waals surface area contributed by atoms with Crippen LogP contribution in [0.3, 0.4) is 0 Å². The van der Waals surface area contributed by atoms with E-state index in [0.29, 0.717) is 41.2 Å². The molecule has 2 aromatic rings. The van der Waals surface area contributed by atoms with Crippen LogP contribution in [-0.2, 0) is 13.2 Å². The Hall–Kier alpha value is -1.50. The second kappa shape index (κ2) is 11.4. The van der Waals surface area contributed by atoms with Crippen LogP contribution >= 0.6 is 23.2 Å². The van der Waals surface area contributed by atoms with E-state index < -0.39 is 0 Å². The zero-order chi connectivity index (χ0) is 19.6. The van der Waals surface area contributed by atoms with Crippen molar-refractivity contribution in [1.82, 2.24) is 10.6 Å². The van der Waals surface area contributed by atoms with Gasteiger partial charge in [-0.05, 0) is 30.7 Å². The number of aliphatic hydroxyl groups is 1. The highest BCUT2D eigenvalue weighted by atomic mass is 35.5. The van der Waals surface area contributed by atoms with Crippen molar-refractivity contribution in [3.05, 3.63) is 57.6 Å². The van der Waals surface area contributed by atoms with Gasteiger partial charge in [0.15, 0.2) is 11.5 Å². The highest BCUT2D eigenvalue weighted by Crippen LogP contribution is 2.37. The van der Waals surface area contributed by atoms with Crippen molar-refractivity contribution >= 4 is 23.2 Å². The molecule has 0 aliphatic rings. The normalized spacial score (nSPS) is 12.0. The van der Waals surface area contributed by atoms with Gasteiger partial charge in [0.05, 0.1) is 18.2 Å². The molecule has 0 heterocycles. The van der Waals surface area contributed by atoms with Gasteiger partial charge < -0.3 is 25.2 Å². The first-order valence-corrected chi connectivity index (χ1v) is 9.59. The first kappa shape index (κ1) is 21.8. The minimum absolute atomic E-state index is 0.308. The Bertz CT molecular complexity index is 726. The molecule has 148 valence electrons. The van der Waals surface area contributed by atoms with Gasteiger partial charge in [0.25, 0.3) is 0 Å². The predicted molar refractivity (Wildman–Crippen MR) is 110 cm³/mol. The molecule has 27 heavy (non-hydrogen) atoms. The van der Waals surface area contributed by atoms with Crippen LogP contribution in [0.15, 0.2) is 36.4 Å². The smallest absolute Gasteiger partial charge is 0.180 e. The fraction of sp³-hybridized carbons (Fsp3) is 0.400. The minimum Gasteiger partial charge on any atom is -0.493 e. The average Bonchev–Trinajstić information content (AvgIpc) is 2.64. The quantitative estimate of drug-likeness (QED) is 0.491. The Morgan fingerprint density at radius 3 is 2.52 bits per heavy atom. The van der Waals surface area contributed by atoms with E-state index in [-0.39, 0.29) is 6.10 Å². The first-order valence-electron chi connectivity index (χ1n) is 8.83. The molecule has 0 unspecified atom stereocenters. The topological polar surface area (TPSA) is 62.8 Å². The lowest BCUT2D eigenvalue weighted by atomic mass is 10.2. The maximum atomic E-state index is 9.20. The van der Waals surface area contributed by atoms with Gasteiger partial charge in [0, 0.05) is 36.8 Å². The number of hydrogen-bond donors (Lipinski definition) is 3. The third-order valence-electron chi connectivity index (χ3n) is 3.87. The van der Waals surface area contributed by atoms with Crippen molar-refractivity contribution in [2.45, 2.75) is 26.2 Å². The fourth-order valence-corrected chi connectivity index (χ4v) is 2.98. The van der Waals surface area contributed by atoms with Crippen LogP contribution in [0.5, 0.6) is 11.5 Å². The van der Waals surface area contributed by atoms with Gasteiger partial charge in [-0.15, -0.1) is 0 Å². The molecule has 3 N–H and O–H groups in total. The second-order valence-corrected chi connectivity index (χ2v) is 7.03. The first-order chi connectivity index (χ1) is 13.0. The molecule has 0 aromatic heterocycles. The monoisotopic (exact) mass is 412 g/mol. The summed E-state index contributed by atoms with van der Waals surface area (Å²) in [4.78, 5) is 0. The van der Waals surface area contributed by atoms with Crippen LogP contribution < -0.4 is 20.1 Å². The van der Waals surface area contributed by atoms with E-state index in [9.17, 15) is 5.11 Å². The molecule has 1 atom stereocenters. The van der Waals surface area contributed by atoms with E-state index in [4.69, 9.17) is 32.7 Å². The molecule has 0 aliphatic heterocycles. The van der Waals surface area contributed by atoms with Crippen molar-refractivity contribution in [2.24, 2.45) is 0 Å². The van der Waals surface area contributed by atoms with Crippen LogP contribution in [-0.4, -0.2) is 38.0 Å². The molecule has 7 heteroatoms. The molecule has 0 bridgehead atoms. The fourth-order valence-electron chi connectivity index (χ4n) is 2.50. The number of aliphatic hydroxyl groups excluding tert-OH is 1. The van der Waals surface area contributed by atoms with Crippen LogP contribution in [0.1, 0.15) is 18.1 Å². The number of nitrogens with one attached hydrogen (secondary N) is 2. The van der Waals surface area contributed by atoms with Crippen LogP contribution in [0.2, 0.25) is 10.0 Å². The van der Waals surface area contributed by atoms with Crippen LogP contribution in [0.4, 0.5) is 0 Å². The minimum atomic E-state index is -0.341. The molecule has 2 rings (SSSR count). The van der Waals surface area contributed by atoms with Crippen molar-refractivity contribution in [1.29, 1.82) is 0 Å². The zero-order valence-electron chi connectivity index (χ0n) is 15.6. The summed E-state index contributed by atoms with van der Waals surface area (Å²) in [6, 6.07) is 11.3. The third-order valence-corrected chi connectivity index (χ3v) is 4.52. The molecular weight excluding hydrogens is 387 g/mol.